The zero-order chi connectivity index (χ0) is 12.0. The standard InChI is InChI=1S/C13H19NO2/c1-3-11-7-4-6-10(2)13(11)14-12(16)8-5-9-15/h4,6-7,15H,3,5,8-9H2,1-2H3,(H,14,16). The van der Waals surface area contributed by atoms with E-state index in [9.17, 15) is 4.79 Å². The third-order valence-corrected chi connectivity index (χ3v) is 2.57. The van der Waals surface area contributed by atoms with Crippen molar-refractivity contribution in [1.29, 1.82) is 0 Å². The van der Waals surface area contributed by atoms with Crippen LogP contribution in [0, 0.1) is 6.92 Å². The molecule has 0 saturated carbocycles. The number of aryl methyl sites for hydroxylation is 2. The van der Waals surface area contributed by atoms with Gasteiger partial charge >= 0.3 is 0 Å². The SMILES string of the molecule is CCc1cccc(C)c1NC(=O)CCCO. The van der Waals surface area contributed by atoms with Crippen LogP contribution in [0.25, 0.3) is 0 Å². The van der Waals surface area contributed by atoms with Gasteiger partial charge in [-0.2, -0.15) is 0 Å². The average molecular weight is 221 g/mol. The van der Waals surface area contributed by atoms with Crippen LogP contribution in [0.15, 0.2) is 18.2 Å². The van der Waals surface area contributed by atoms with E-state index in [1.807, 2.05) is 25.1 Å². The highest BCUT2D eigenvalue weighted by Crippen LogP contribution is 2.21. The van der Waals surface area contributed by atoms with Gasteiger partial charge in [0.1, 0.15) is 0 Å². The quantitative estimate of drug-likeness (QED) is 0.801. The zero-order valence-corrected chi connectivity index (χ0v) is 9.92. The molecule has 0 spiro atoms. The van der Waals surface area contributed by atoms with Crippen molar-refractivity contribution in [2.45, 2.75) is 33.1 Å². The number of nitrogens with one attached hydrogen (secondary N) is 1. The molecule has 1 rings (SSSR count). The minimum atomic E-state index is -0.0296. The fraction of sp³-hybridized carbons (Fsp3) is 0.462. The van der Waals surface area contributed by atoms with Crippen molar-refractivity contribution in [3.8, 4) is 0 Å². The number of carbonyl (C=O) groups is 1. The first-order chi connectivity index (χ1) is 7.69. The van der Waals surface area contributed by atoms with Crippen LogP contribution >= 0.6 is 0 Å². The maximum atomic E-state index is 11.6. The highest BCUT2D eigenvalue weighted by Gasteiger charge is 2.07. The van der Waals surface area contributed by atoms with Crippen molar-refractivity contribution in [2.75, 3.05) is 11.9 Å². The predicted molar refractivity (Wildman–Crippen MR) is 65.5 cm³/mol. The number of rotatable bonds is 5. The monoisotopic (exact) mass is 221 g/mol. The van der Waals surface area contributed by atoms with Gasteiger partial charge in [0.2, 0.25) is 5.91 Å². The van der Waals surface area contributed by atoms with Gasteiger partial charge in [-0.3, -0.25) is 4.79 Å². The van der Waals surface area contributed by atoms with Crippen molar-refractivity contribution in [3.05, 3.63) is 29.3 Å². The molecule has 0 unspecified atom stereocenters. The molecule has 1 aromatic rings. The Bertz CT molecular complexity index is 361. The molecule has 2 N–H and O–H groups in total. The highest BCUT2D eigenvalue weighted by atomic mass is 16.3. The summed E-state index contributed by atoms with van der Waals surface area (Å²) in [5.41, 5.74) is 3.15. The topological polar surface area (TPSA) is 49.3 Å². The summed E-state index contributed by atoms with van der Waals surface area (Å²) >= 11 is 0. The van der Waals surface area contributed by atoms with Crippen LogP contribution in [0.2, 0.25) is 0 Å². The fourth-order valence-corrected chi connectivity index (χ4v) is 1.64. The minimum absolute atomic E-state index is 0.0296. The van der Waals surface area contributed by atoms with Gasteiger partial charge in [-0.25, -0.2) is 0 Å². The van der Waals surface area contributed by atoms with Crippen molar-refractivity contribution in [1.82, 2.24) is 0 Å². The maximum absolute atomic E-state index is 11.6. The number of carbonyl (C=O) groups excluding carboxylic acids is 1. The number of para-hydroxylation sites is 1. The highest BCUT2D eigenvalue weighted by molar-refractivity contribution is 5.92. The van der Waals surface area contributed by atoms with Gasteiger partial charge in [-0.05, 0) is 30.9 Å². The number of benzene rings is 1. The van der Waals surface area contributed by atoms with Gasteiger partial charge in [0, 0.05) is 18.7 Å². The molecule has 0 bridgehead atoms. The van der Waals surface area contributed by atoms with E-state index in [2.05, 4.69) is 12.2 Å². The number of amides is 1. The summed E-state index contributed by atoms with van der Waals surface area (Å²) in [5.74, 6) is -0.0296. The van der Waals surface area contributed by atoms with Gasteiger partial charge < -0.3 is 10.4 Å². The molecule has 3 heteroatoms. The zero-order valence-electron chi connectivity index (χ0n) is 9.92. The molecule has 0 aliphatic carbocycles. The van der Waals surface area contributed by atoms with Crippen molar-refractivity contribution in [3.63, 3.8) is 0 Å². The molecule has 0 aliphatic rings. The lowest BCUT2D eigenvalue weighted by Crippen LogP contribution is -2.14. The summed E-state index contributed by atoms with van der Waals surface area (Å²) in [6.45, 7) is 4.11. The Morgan fingerprint density at radius 3 is 2.81 bits per heavy atom. The molecule has 16 heavy (non-hydrogen) atoms. The second kappa shape index (κ2) is 6.28. The Morgan fingerprint density at radius 2 is 2.19 bits per heavy atom. The lowest BCUT2D eigenvalue weighted by molar-refractivity contribution is -0.116. The Labute approximate surface area is 96.5 Å². The summed E-state index contributed by atoms with van der Waals surface area (Å²) in [5, 5.41) is 11.6. The Kier molecular flexibility index (Phi) is 4.99. The van der Waals surface area contributed by atoms with Gasteiger partial charge in [0.15, 0.2) is 0 Å². The van der Waals surface area contributed by atoms with Crippen LogP contribution in [-0.2, 0) is 11.2 Å². The van der Waals surface area contributed by atoms with E-state index < -0.39 is 0 Å². The molecule has 0 aromatic heterocycles. The summed E-state index contributed by atoms with van der Waals surface area (Å²) in [6.07, 6.45) is 1.78. The van der Waals surface area contributed by atoms with E-state index in [4.69, 9.17) is 5.11 Å². The summed E-state index contributed by atoms with van der Waals surface area (Å²) < 4.78 is 0. The molecule has 0 heterocycles. The molecule has 1 amide bonds. The normalized spacial score (nSPS) is 10.2. The molecule has 3 nitrogen and oxygen atoms in total. The Hall–Kier alpha value is -1.35. The van der Waals surface area contributed by atoms with E-state index in [-0.39, 0.29) is 12.5 Å². The first-order valence-corrected chi connectivity index (χ1v) is 5.68. The first kappa shape index (κ1) is 12.7. The van der Waals surface area contributed by atoms with Crippen LogP contribution in [-0.4, -0.2) is 17.6 Å². The van der Waals surface area contributed by atoms with Crippen LogP contribution in [0.1, 0.15) is 30.9 Å². The number of aliphatic hydroxyl groups excluding tert-OH is 1. The first-order valence-electron chi connectivity index (χ1n) is 5.68. The second-order valence-electron chi connectivity index (χ2n) is 3.84. The van der Waals surface area contributed by atoms with Crippen molar-refractivity contribution >= 4 is 11.6 Å². The van der Waals surface area contributed by atoms with Gasteiger partial charge in [-0.15, -0.1) is 0 Å². The number of hydrogen-bond donors (Lipinski definition) is 2. The largest absolute Gasteiger partial charge is 0.396 e. The van der Waals surface area contributed by atoms with Crippen molar-refractivity contribution in [2.24, 2.45) is 0 Å². The molecule has 0 aliphatic heterocycles. The third-order valence-electron chi connectivity index (χ3n) is 2.57. The number of anilines is 1. The summed E-state index contributed by atoms with van der Waals surface area (Å²) in [6, 6.07) is 6.01. The Balaban J connectivity index is 2.75. The Morgan fingerprint density at radius 1 is 1.44 bits per heavy atom. The minimum Gasteiger partial charge on any atom is -0.396 e. The number of hydrogen-bond acceptors (Lipinski definition) is 2. The van der Waals surface area contributed by atoms with Crippen LogP contribution < -0.4 is 5.32 Å². The van der Waals surface area contributed by atoms with E-state index >= 15 is 0 Å². The molecule has 0 saturated heterocycles. The molecule has 88 valence electrons. The van der Waals surface area contributed by atoms with Gasteiger partial charge in [0.25, 0.3) is 0 Å². The van der Waals surface area contributed by atoms with E-state index in [1.165, 1.54) is 0 Å². The van der Waals surface area contributed by atoms with E-state index in [0.29, 0.717) is 12.8 Å². The van der Waals surface area contributed by atoms with Crippen LogP contribution in [0.3, 0.4) is 0 Å². The van der Waals surface area contributed by atoms with E-state index in [0.717, 1.165) is 23.2 Å². The molecular formula is C13H19NO2. The van der Waals surface area contributed by atoms with Crippen LogP contribution in [0.4, 0.5) is 5.69 Å². The fourth-order valence-electron chi connectivity index (χ4n) is 1.64. The average Bonchev–Trinajstić information content (AvgIpc) is 2.29. The molecular weight excluding hydrogens is 202 g/mol. The summed E-state index contributed by atoms with van der Waals surface area (Å²) in [4.78, 5) is 11.6. The van der Waals surface area contributed by atoms with E-state index in [1.54, 1.807) is 0 Å². The second-order valence-corrected chi connectivity index (χ2v) is 3.84. The van der Waals surface area contributed by atoms with Crippen LogP contribution in [0.5, 0.6) is 0 Å². The third kappa shape index (κ3) is 3.35. The lowest BCUT2D eigenvalue weighted by atomic mass is 10.1. The predicted octanol–water partition coefficient (Wildman–Crippen LogP) is 2.27. The number of aliphatic hydroxyl groups is 1. The van der Waals surface area contributed by atoms with Gasteiger partial charge in [-0.1, -0.05) is 25.1 Å². The van der Waals surface area contributed by atoms with Gasteiger partial charge in [0.05, 0.1) is 0 Å². The smallest absolute Gasteiger partial charge is 0.224 e. The molecule has 1 aromatic carbocycles. The molecule has 0 fully saturated rings. The van der Waals surface area contributed by atoms with Crippen molar-refractivity contribution < 1.29 is 9.90 Å². The molecule has 0 radical (unpaired) electrons. The molecule has 0 atom stereocenters. The maximum Gasteiger partial charge on any atom is 0.224 e. The summed E-state index contributed by atoms with van der Waals surface area (Å²) in [7, 11) is 0. The lowest BCUT2D eigenvalue weighted by Gasteiger charge is -2.12.